The first-order chi connectivity index (χ1) is 12.1. The van der Waals surface area contributed by atoms with E-state index < -0.39 is 0 Å². The van der Waals surface area contributed by atoms with Gasteiger partial charge in [0.15, 0.2) is 5.76 Å². The van der Waals surface area contributed by atoms with Crippen molar-refractivity contribution in [1.82, 2.24) is 15.4 Å². The van der Waals surface area contributed by atoms with E-state index in [9.17, 15) is 4.39 Å². The molecule has 0 saturated carbocycles. The Morgan fingerprint density at radius 1 is 1.16 bits per heavy atom. The molecule has 2 aromatic rings. The van der Waals surface area contributed by atoms with E-state index >= 15 is 0 Å². The second kappa shape index (κ2) is 8.45. The third-order valence-electron chi connectivity index (χ3n) is 4.64. The van der Waals surface area contributed by atoms with Crippen LogP contribution >= 0.6 is 0 Å². The molecule has 1 aromatic heterocycles. The minimum absolute atomic E-state index is 0.180. The van der Waals surface area contributed by atoms with Crippen molar-refractivity contribution in [3.8, 4) is 0 Å². The van der Waals surface area contributed by atoms with Crippen LogP contribution in [0.2, 0.25) is 0 Å². The minimum Gasteiger partial charge on any atom is -0.369 e. The molecule has 1 saturated heterocycles. The highest BCUT2D eigenvalue weighted by Crippen LogP contribution is 2.17. The molecule has 0 aliphatic carbocycles. The molecular formula is C19H27FN4O. The van der Waals surface area contributed by atoms with Crippen molar-refractivity contribution in [1.29, 1.82) is 0 Å². The van der Waals surface area contributed by atoms with Gasteiger partial charge in [0.25, 0.3) is 0 Å². The Morgan fingerprint density at radius 3 is 2.52 bits per heavy atom. The summed E-state index contributed by atoms with van der Waals surface area (Å²) in [6.07, 6.45) is 0. The minimum atomic E-state index is -0.180. The molecule has 25 heavy (non-hydrogen) atoms. The third-order valence-corrected chi connectivity index (χ3v) is 4.64. The van der Waals surface area contributed by atoms with Crippen LogP contribution in [0.5, 0.6) is 0 Å². The molecule has 5 nitrogen and oxygen atoms in total. The molecule has 1 aliphatic heterocycles. The summed E-state index contributed by atoms with van der Waals surface area (Å²) in [6, 6.07) is 8.80. The van der Waals surface area contributed by atoms with Crippen LogP contribution in [-0.2, 0) is 6.54 Å². The van der Waals surface area contributed by atoms with Crippen LogP contribution in [-0.4, -0.2) is 49.3 Å². The molecule has 1 aromatic carbocycles. The third kappa shape index (κ3) is 5.03. The van der Waals surface area contributed by atoms with E-state index in [-0.39, 0.29) is 5.82 Å². The number of hydrogen-bond acceptors (Lipinski definition) is 5. The van der Waals surface area contributed by atoms with Gasteiger partial charge in [0.05, 0.1) is 12.2 Å². The number of piperazine rings is 1. The van der Waals surface area contributed by atoms with E-state index in [1.807, 2.05) is 18.2 Å². The van der Waals surface area contributed by atoms with Crippen molar-refractivity contribution in [3.63, 3.8) is 0 Å². The van der Waals surface area contributed by atoms with Crippen LogP contribution < -0.4 is 10.2 Å². The van der Waals surface area contributed by atoms with E-state index in [1.165, 1.54) is 12.1 Å². The van der Waals surface area contributed by atoms with Gasteiger partial charge in [0.1, 0.15) is 5.82 Å². The van der Waals surface area contributed by atoms with Gasteiger partial charge >= 0.3 is 0 Å². The van der Waals surface area contributed by atoms with Crippen molar-refractivity contribution in [2.75, 3.05) is 44.2 Å². The van der Waals surface area contributed by atoms with Crippen LogP contribution in [0.4, 0.5) is 10.1 Å². The number of anilines is 1. The molecule has 6 heteroatoms. The molecule has 2 heterocycles. The van der Waals surface area contributed by atoms with Crippen LogP contribution in [0.15, 0.2) is 34.9 Å². The van der Waals surface area contributed by atoms with Crippen molar-refractivity contribution >= 4 is 5.69 Å². The lowest BCUT2D eigenvalue weighted by molar-refractivity contribution is 0.255. The Balaban J connectivity index is 1.34. The summed E-state index contributed by atoms with van der Waals surface area (Å²) in [7, 11) is 0. The largest absolute Gasteiger partial charge is 0.369 e. The predicted octanol–water partition coefficient (Wildman–Crippen LogP) is 2.85. The molecule has 0 amide bonds. The Kier molecular flexibility index (Phi) is 6.04. The van der Waals surface area contributed by atoms with Crippen molar-refractivity contribution in [2.45, 2.75) is 26.3 Å². The van der Waals surface area contributed by atoms with E-state index in [0.717, 1.165) is 63.0 Å². The average molecular weight is 346 g/mol. The smallest absolute Gasteiger partial charge is 0.150 e. The van der Waals surface area contributed by atoms with Crippen LogP contribution in [0, 0.1) is 5.82 Å². The van der Waals surface area contributed by atoms with E-state index in [4.69, 9.17) is 4.52 Å². The first-order valence-corrected chi connectivity index (χ1v) is 9.01. The lowest BCUT2D eigenvalue weighted by Crippen LogP contribution is -2.48. The van der Waals surface area contributed by atoms with Crippen molar-refractivity contribution < 1.29 is 8.91 Å². The highest BCUT2D eigenvalue weighted by atomic mass is 19.1. The van der Waals surface area contributed by atoms with Crippen LogP contribution in [0.25, 0.3) is 0 Å². The summed E-state index contributed by atoms with van der Waals surface area (Å²) < 4.78 is 18.3. The number of hydrogen-bond donors (Lipinski definition) is 1. The zero-order chi connectivity index (χ0) is 17.6. The zero-order valence-corrected chi connectivity index (χ0v) is 15.0. The van der Waals surface area contributed by atoms with Crippen LogP contribution in [0.1, 0.15) is 31.2 Å². The second-order valence-electron chi connectivity index (χ2n) is 6.85. The standard InChI is InChI=1S/C19H27FN4O/c1-15(2)19-13-18(25-22-19)14-21-7-8-23-9-11-24(12-10-23)17-5-3-16(20)4-6-17/h3-6,13,15,21H,7-12,14H2,1-2H3. The SMILES string of the molecule is CC(C)c1cc(CNCCN2CCN(c3ccc(F)cc3)CC2)on1. The zero-order valence-electron chi connectivity index (χ0n) is 15.0. The Morgan fingerprint density at radius 2 is 1.88 bits per heavy atom. The average Bonchev–Trinajstić information content (AvgIpc) is 3.09. The molecule has 0 atom stereocenters. The number of nitrogens with one attached hydrogen (secondary N) is 1. The molecule has 1 fully saturated rings. The molecule has 0 radical (unpaired) electrons. The number of rotatable bonds is 7. The van der Waals surface area contributed by atoms with Gasteiger partial charge in [-0.15, -0.1) is 0 Å². The summed E-state index contributed by atoms with van der Waals surface area (Å²) in [6.45, 7) is 10.9. The quantitative estimate of drug-likeness (QED) is 0.781. The maximum atomic E-state index is 13.0. The van der Waals surface area contributed by atoms with Gasteiger partial charge in [-0.05, 0) is 30.2 Å². The summed E-state index contributed by atoms with van der Waals surface area (Å²) in [4.78, 5) is 4.76. The summed E-state index contributed by atoms with van der Waals surface area (Å²) in [5.74, 6) is 1.11. The first-order valence-electron chi connectivity index (χ1n) is 9.01. The molecule has 0 spiro atoms. The summed E-state index contributed by atoms with van der Waals surface area (Å²) >= 11 is 0. The molecular weight excluding hydrogens is 319 g/mol. The number of halogens is 1. The number of benzene rings is 1. The van der Waals surface area contributed by atoms with Crippen molar-refractivity contribution in [3.05, 3.63) is 47.6 Å². The monoisotopic (exact) mass is 346 g/mol. The van der Waals surface area contributed by atoms with E-state index in [2.05, 4.69) is 34.1 Å². The van der Waals surface area contributed by atoms with Gasteiger partial charge in [-0.25, -0.2) is 4.39 Å². The fourth-order valence-corrected chi connectivity index (χ4v) is 3.01. The lowest BCUT2D eigenvalue weighted by Gasteiger charge is -2.36. The Labute approximate surface area is 148 Å². The highest BCUT2D eigenvalue weighted by molar-refractivity contribution is 5.46. The topological polar surface area (TPSA) is 44.5 Å². The van der Waals surface area contributed by atoms with Gasteiger partial charge in [-0.3, -0.25) is 4.90 Å². The maximum Gasteiger partial charge on any atom is 0.150 e. The number of aromatic nitrogens is 1. The van der Waals surface area contributed by atoms with Crippen molar-refractivity contribution in [2.24, 2.45) is 0 Å². The Hall–Kier alpha value is -1.92. The summed E-state index contributed by atoms with van der Waals surface area (Å²) in [5.41, 5.74) is 2.11. The highest BCUT2D eigenvalue weighted by Gasteiger charge is 2.16. The van der Waals surface area contributed by atoms with E-state index in [0.29, 0.717) is 5.92 Å². The van der Waals surface area contributed by atoms with Gasteiger partial charge in [-0.1, -0.05) is 19.0 Å². The fourth-order valence-electron chi connectivity index (χ4n) is 3.01. The normalized spacial score (nSPS) is 15.9. The second-order valence-corrected chi connectivity index (χ2v) is 6.85. The fraction of sp³-hybridized carbons (Fsp3) is 0.526. The van der Waals surface area contributed by atoms with Gasteiger partial charge in [0.2, 0.25) is 0 Å². The first kappa shape index (κ1) is 17.9. The molecule has 0 unspecified atom stereocenters. The molecule has 3 rings (SSSR count). The maximum absolute atomic E-state index is 13.0. The summed E-state index contributed by atoms with van der Waals surface area (Å²) in [5, 5.41) is 7.49. The molecule has 1 aliphatic rings. The molecule has 136 valence electrons. The van der Waals surface area contributed by atoms with Gasteiger partial charge in [-0.2, -0.15) is 0 Å². The number of nitrogens with zero attached hydrogens (tertiary/aromatic N) is 3. The van der Waals surface area contributed by atoms with Gasteiger partial charge < -0.3 is 14.7 Å². The molecule has 0 bridgehead atoms. The van der Waals surface area contributed by atoms with Gasteiger partial charge in [0, 0.05) is 51.0 Å². The van der Waals surface area contributed by atoms with E-state index in [1.54, 1.807) is 0 Å². The lowest BCUT2D eigenvalue weighted by atomic mass is 10.1. The molecule has 1 N–H and O–H groups in total. The Bertz CT molecular complexity index is 648. The predicted molar refractivity (Wildman–Crippen MR) is 97.4 cm³/mol. The van der Waals surface area contributed by atoms with Crippen LogP contribution in [0.3, 0.4) is 0 Å².